The smallest absolute Gasteiger partial charge is 0.181 e. The minimum Gasteiger partial charge on any atom is -0.329 e. The Balaban J connectivity index is 1.49. The lowest BCUT2D eigenvalue weighted by atomic mass is 10.2. The van der Waals surface area contributed by atoms with Gasteiger partial charge in [0, 0.05) is 55.9 Å². The zero-order valence-corrected chi connectivity index (χ0v) is 14.4. The summed E-state index contributed by atoms with van der Waals surface area (Å²) in [6, 6.07) is 5.66. The van der Waals surface area contributed by atoms with Gasteiger partial charge in [-0.3, -0.25) is 10.1 Å². The summed E-state index contributed by atoms with van der Waals surface area (Å²) in [5, 5.41) is 7.28. The van der Waals surface area contributed by atoms with Crippen LogP contribution in [0.1, 0.15) is 18.6 Å². The van der Waals surface area contributed by atoms with E-state index in [0.29, 0.717) is 12.2 Å². The van der Waals surface area contributed by atoms with Gasteiger partial charge < -0.3 is 4.57 Å². The molecule has 0 unspecified atom stereocenters. The second-order valence-corrected chi connectivity index (χ2v) is 5.75. The van der Waals surface area contributed by atoms with Gasteiger partial charge in [0.25, 0.3) is 0 Å². The molecule has 0 saturated heterocycles. The number of H-pyrrole nitrogens is 1. The van der Waals surface area contributed by atoms with E-state index in [-0.39, 0.29) is 0 Å². The second-order valence-electron chi connectivity index (χ2n) is 5.75. The van der Waals surface area contributed by atoms with Gasteiger partial charge in [0.15, 0.2) is 11.6 Å². The van der Waals surface area contributed by atoms with Crippen LogP contribution >= 0.6 is 0 Å². The van der Waals surface area contributed by atoms with E-state index in [1.54, 1.807) is 24.8 Å². The molecule has 4 heterocycles. The van der Waals surface area contributed by atoms with Gasteiger partial charge in [-0.15, -0.1) is 0 Å². The predicted molar refractivity (Wildman–Crippen MR) is 95.9 cm³/mol. The lowest BCUT2D eigenvalue weighted by Gasteiger charge is -2.06. The third-order valence-electron chi connectivity index (χ3n) is 4.03. The maximum Gasteiger partial charge on any atom is 0.181 e. The van der Waals surface area contributed by atoms with Crippen LogP contribution in [0.4, 0.5) is 0 Å². The van der Waals surface area contributed by atoms with E-state index in [9.17, 15) is 0 Å². The second kappa shape index (κ2) is 7.22. The molecule has 26 heavy (non-hydrogen) atoms. The highest BCUT2D eigenvalue weighted by Crippen LogP contribution is 2.16. The number of nitrogens with zero attached hydrogens (tertiary/aromatic N) is 7. The Bertz CT molecular complexity index is 989. The van der Waals surface area contributed by atoms with Gasteiger partial charge in [-0.2, -0.15) is 5.10 Å². The van der Waals surface area contributed by atoms with Gasteiger partial charge in [0.05, 0.1) is 0 Å². The van der Waals surface area contributed by atoms with Gasteiger partial charge in [0.1, 0.15) is 17.3 Å². The first-order chi connectivity index (χ1) is 12.8. The summed E-state index contributed by atoms with van der Waals surface area (Å²) in [6.45, 7) is 2.77. The van der Waals surface area contributed by atoms with Gasteiger partial charge in [0.2, 0.25) is 0 Å². The fourth-order valence-electron chi connectivity index (χ4n) is 2.68. The van der Waals surface area contributed by atoms with E-state index in [2.05, 4.69) is 39.7 Å². The van der Waals surface area contributed by atoms with Crippen LogP contribution in [0.15, 0.2) is 49.2 Å². The van der Waals surface area contributed by atoms with Gasteiger partial charge in [-0.05, 0) is 18.2 Å². The fraction of sp³-hybridized carbons (Fsp3) is 0.222. The first-order valence-electron chi connectivity index (χ1n) is 8.48. The molecule has 0 radical (unpaired) electrons. The van der Waals surface area contributed by atoms with Crippen LogP contribution < -0.4 is 0 Å². The van der Waals surface area contributed by atoms with E-state index >= 15 is 0 Å². The number of aromatic nitrogens is 8. The van der Waals surface area contributed by atoms with Crippen LogP contribution in [0.2, 0.25) is 0 Å². The molecule has 1 N–H and O–H groups in total. The van der Waals surface area contributed by atoms with E-state index in [0.717, 1.165) is 41.7 Å². The summed E-state index contributed by atoms with van der Waals surface area (Å²) >= 11 is 0. The van der Waals surface area contributed by atoms with Crippen molar-refractivity contribution < 1.29 is 0 Å². The molecule has 0 aliphatic carbocycles. The maximum atomic E-state index is 4.56. The Morgan fingerprint density at radius 1 is 1.00 bits per heavy atom. The lowest BCUT2D eigenvalue weighted by Crippen LogP contribution is -2.05. The van der Waals surface area contributed by atoms with Crippen molar-refractivity contribution in [2.75, 3.05) is 0 Å². The molecule has 0 fully saturated rings. The summed E-state index contributed by atoms with van der Waals surface area (Å²) in [6.07, 6.45) is 10.5. The number of pyridine rings is 1. The molecule has 0 aliphatic rings. The third-order valence-corrected chi connectivity index (χ3v) is 4.03. The molecule has 8 nitrogen and oxygen atoms in total. The van der Waals surface area contributed by atoms with Crippen LogP contribution in [-0.4, -0.2) is 39.7 Å². The first kappa shape index (κ1) is 16.1. The number of rotatable bonds is 6. The van der Waals surface area contributed by atoms with E-state index in [1.807, 2.05) is 31.3 Å². The number of hydrogen-bond donors (Lipinski definition) is 1. The molecule has 8 heteroatoms. The first-order valence-corrected chi connectivity index (χ1v) is 8.48. The summed E-state index contributed by atoms with van der Waals surface area (Å²) in [7, 11) is 0. The molecular weight excluding hydrogens is 328 g/mol. The highest BCUT2D eigenvalue weighted by molar-refractivity contribution is 5.53. The topological polar surface area (TPSA) is 98.1 Å². The van der Waals surface area contributed by atoms with Crippen molar-refractivity contribution in [2.45, 2.75) is 26.3 Å². The van der Waals surface area contributed by atoms with Crippen LogP contribution in [0.5, 0.6) is 0 Å². The van der Waals surface area contributed by atoms with Crippen LogP contribution in [0.3, 0.4) is 0 Å². The molecule has 130 valence electrons. The zero-order valence-electron chi connectivity index (χ0n) is 14.4. The summed E-state index contributed by atoms with van der Waals surface area (Å²) < 4.78 is 2.07. The fourth-order valence-corrected chi connectivity index (χ4v) is 2.68. The summed E-state index contributed by atoms with van der Waals surface area (Å²) in [5.41, 5.74) is 1.77. The largest absolute Gasteiger partial charge is 0.329 e. The minimum atomic E-state index is 0.677. The zero-order chi connectivity index (χ0) is 17.8. The monoisotopic (exact) mass is 346 g/mol. The average molecular weight is 346 g/mol. The molecule has 4 aromatic rings. The highest BCUT2D eigenvalue weighted by atomic mass is 15.2. The van der Waals surface area contributed by atoms with Crippen molar-refractivity contribution in [3.05, 3.63) is 60.8 Å². The molecule has 0 aliphatic heterocycles. The molecule has 0 saturated carbocycles. The normalized spacial score (nSPS) is 11.0. The Kier molecular flexibility index (Phi) is 4.46. The third kappa shape index (κ3) is 3.34. The van der Waals surface area contributed by atoms with Crippen molar-refractivity contribution in [3.63, 3.8) is 0 Å². The van der Waals surface area contributed by atoms with Crippen molar-refractivity contribution in [2.24, 2.45) is 0 Å². The average Bonchev–Trinajstić information content (AvgIpc) is 3.36. The molecule has 0 aromatic carbocycles. The number of imidazole rings is 1. The SMILES string of the molecule is CCc1nccc(-c2nccn2CCc2nc(-c3ccncc3)n[nH]2)n1. The number of aromatic amines is 1. The van der Waals surface area contributed by atoms with Gasteiger partial charge in [-0.25, -0.2) is 19.9 Å². The predicted octanol–water partition coefficient (Wildman–Crippen LogP) is 2.33. The Hall–Kier alpha value is -3.42. The lowest BCUT2D eigenvalue weighted by molar-refractivity contribution is 0.677. The van der Waals surface area contributed by atoms with E-state index < -0.39 is 0 Å². The number of hydrogen-bond acceptors (Lipinski definition) is 6. The molecule has 4 aromatic heterocycles. The molecule has 0 spiro atoms. The minimum absolute atomic E-state index is 0.677. The van der Waals surface area contributed by atoms with Gasteiger partial charge >= 0.3 is 0 Å². The standard InChI is InChI=1S/C18H18N8/c1-2-15-20-9-5-14(22-15)18-21-10-12-26(18)11-6-16-23-17(25-24-16)13-3-7-19-8-4-13/h3-5,7-10,12H,2,6,11H2,1H3,(H,23,24,25). The Morgan fingerprint density at radius 3 is 2.73 bits per heavy atom. The Labute approximate surface area is 150 Å². The summed E-state index contributed by atoms with van der Waals surface area (Å²) in [4.78, 5) is 21.8. The number of aryl methyl sites for hydroxylation is 3. The Morgan fingerprint density at radius 2 is 1.88 bits per heavy atom. The van der Waals surface area contributed by atoms with Crippen molar-refractivity contribution in [3.8, 4) is 22.9 Å². The van der Waals surface area contributed by atoms with Gasteiger partial charge in [-0.1, -0.05) is 6.92 Å². The molecule has 0 amide bonds. The van der Waals surface area contributed by atoms with Crippen LogP contribution in [0, 0.1) is 0 Å². The van der Waals surface area contributed by atoms with E-state index in [4.69, 9.17) is 0 Å². The maximum absolute atomic E-state index is 4.56. The van der Waals surface area contributed by atoms with E-state index in [1.165, 1.54) is 0 Å². The molecule has 4 rings (SSSR count). The highest BCUT2D eigenvalue weighted by Gasteiger charge is 2.10. The van der Waals surface area contributed by atoms with Crippen molar-refractivity contribution >= 4 is 0 Å². The van der Waals surface area contributed by atoms with Crippen LogP contribution in [-0.2, 0) is 19.4 Å². The van der Waals surface area contributed by atoms with Crippen molar-refractivity contribution in [1.82, 2.24) is 39.7 Å². The molecule has 0 atom stereocenters. The quantitative estimate of drug-likeness (QED) is 0.575. The number of nitrogens with one attached hydrogen (secondary N) is 1. The molecule has 0 bridgehead atoms. The van der Waals surface area contributed by atoms with Crippen LogP contribution in [0.25, 0.3) is 22.9 Å². The molecular formula is C18H18N8. The van der Waals surface area contributed by atoms with Crippen molar-refractivity contribution in [1.29, 1.82) is 0 Å². The summed E-state index contributed by atoms with van der Waals surface area (Å²) in [5.74, 6) is 3.15.